The van der Waals surface area contributed by atoms with Crippen LogP contribution in [0.3, 0.4) is 0 Å². The van der Waals surface area contributed by atoms with Gasteiger partial charge in [-0.15, -0.1) is 0 Å². The predicted molar refractivity (Wildman–Crippen MR) is 89.6 cm³/mol. The average molecular weight is 317 g/mol. The highest BCUT2D eigenvalue weighted by Gasteiger charge is 2.48. The molecule has 4 heteroatoms. The molecule has 1 saturated carbocycles. The topological polar surface area (TPSA) is 38.8 Å². The summed E-state index contributed by atoms with van der Waals surface area (Å²) in [6.45, 7) is 1.78. The number of likely N-dealkylation sites (tertiary alicyclic amines) is 1. The Morgan fingerprint density at radius 2 is 1.87 bits per heavy atom. The Labute approximate surface area is 138 Å². The van der Waals surface area contributed by atoms with Crippen molar-refractivity contribution in [3.8, 4) is 5.75 Å². The van der Waals surface area contributed by atoms with Crippen molar-refractivity contribution < 1.29 is 14.3 Å². The fourth-order valence-electron chi connectivity index (χ4n) is 4.01. The van der Waals surface area contributed by atoms with Crippen molar-refractivity contribution in [3.05, 3.63) is 29.8 Å². The van der Waals surface area contributed by atoms with Gasteiger partial charge < -0.3 is 14.4 Å². The zero-order valence-electron chi connectivity index (χ0n) is 14.2. The van der Waals surface area contributed by atoms with Gasteiger partial charge >= 0.3 is 0 Å². The van der Waals surface area contributed by atoms with Gasteiger partial charge in [-0.1, -0.05) is 12.1 Å². The first-order valence-electron chi connectivity index (χ1n) is 8.60. The summed E-state index contributed by atoms with van der Waals surface area (Å²) in [4.78, 5) is 14.5. The third-order valence-electron chi connectivity index (χ3n) is 5.77. The number of methoxy groups -OCH3 is 2. The van der Waals surface area contributed by atoms with Crippen LogP contribution < -0.4 is 4.74 Å². The largest absolute Gasteiger partial charge is 0.497 e. The molecular formula is C19H27NO3. The van der Waals surface area contributed by atoms with Gasteiger partial charge in [0, 0.05) is 32.0 Å². The van der Waals surface area contributed by atoms with Gasteiger partial charge in [-0.2, -0.15) is 0 Å². The second kappa shape index (κ2) is 6.91. The molecule has 0 radical (unpaired) electrons. The predicted octanol–water partition coefficient (Wildman–Crippen LogP) is 3.05. The highest BCUT2D eigenvalue weighted by molar-refractivity contribution is 5.76. The van der Waals surface area contributed by atoms with Crippen LogP contribution in [0.25, 0.3) is 0 Å². The van der Waals surface area contributed by atoms with E-state index < -0.39 is 0 Å². The Kier molecular flexibility index (Phi) is 4.90. The second-order valence-electron chi connectivity index (χ2n) is 6.85. The highest BCUT2D eigenvalue weighted by Crippen LogP contribution is 2.50. The molecule has 1 saturated heterocycles. The SMILES string of the molecule is COc1ccc(CCC(=O)N2CCC3(CCC3OC)CC2)cc1. The van der Waals surface area contributed by atoms with E-state index in [-0.39, 0.29) is 5.91 Å². The third kappa shape index (κ3) is 3.37. The van der Waals surface area contributed by atoms with Crippen LogP contribution in [0.4, 0.5) is 0 Å². The molecule has 2 aliphatic rings. The van der Waals surface area contributed by atoms with Crippen molar-refractivity contribution in [1.29, 1.82) is 0 Å². The lowest BCUT2D eigenvalue weighted by Crippen LogP contribution is -2.53. The number of carbonyl (C=O) groups excluding carboxylic acids is 1. The number of ether oxygens (including phenoxy) is 2. The van der Waals surface area contributed by atoms with Gasteiger partial charge in [0.05, 0.1) is 13.2 Å². The molecule has 0 aromatic heterocycles. The lowest BCUT2D eigenvalue weighted by Gasteiger charge is -2.53. The van der Waals surface area contributed by atoms with E-state index >= 15 is 0 Å². The number of amides is 1. The maximum absolute atomic E-state index is 12.4. The van der Waals surface area contributed by atoms with E-state index in [0.29, 0.717) is 17.9 Å². The lowest BCUT2D eigenvalue weighted by molar-refractivity contribution is -0.144. The molecule has 1 aliphatic carbocycles. The summed E-state index contributed by atoms with van der Waals surface area (Å²) in [5, 5.41) is 0. The maximum Gasteiger partial charge on any atom is 0.222 e. The Bertz CT molecular complexity index is 530. The van der Waals surface area contributed by atoms with Gasteiger partial charge in [-0.05, 0) is 49.8 Å². The van der Waals surface area contributed by atoms with E-state index in [1.165, 1.54) is 18.4 Å². The zero-order chi connectivity index (χ0) is 16.3. The van der Waals surface area contributed by atoms with E-state index in [1.807, 2.05) is 36.3 Å². The van der Waals surface area contributed by atoms with Gasteiger partial charge in [0.2, 0.25) is 5.91 Å². The average Bonchev–Trinajstić information content (AvgIpc) is 2.59. The van der Waals surface area contributed by atoms with Crippen LogP contribution in [-0.2, 0) is 16.0 Å². The van der Waals surface area contributed by atoms with Gasteiger partial charge in [0.1, 0.15) is 5.75 Å². The van der Waals surface area contributed by atoms with Crippen LogP contribution in [0.2, 0.25) is 0 Å². The summed E-state index contributed by atoms with van der Waals surface area (Å²) >= 11 is 0. The number of piperidine rings is 1. The number of benzene rings is 1. The van der Waals surface area contributed by atoms with Gasteiger partial charge in [-0.25, -0.2) is 0 Å². The third-order valence-corrected chi connectivity index (χ3v) is 5.77. The fourth-order valence-corrected chi connectivity index (χ4v) is 4.01. The summed E-state index contributed by atoms with van der Waals surface area (Å²) in [7, 11) is 3.48. The molecule has 1 heterocycles. The number of rotatable bonds is 5. The Balaban J connectivity index is 1.46. The molecule has 1 aromatic rings. The van der Waals surface area contributed by atoms with E-state index in [1.54, 1.807) is 7.11 Å². The Hall–Kier alpha value is -1.55. The summed E-state index contributed by atoms with van der Waals surface area (Å²) < 4.78 is 10.7. The molecule has 1 aromatic carbocycles. The van der Waals surface area contributed by atoms with Gasteiger partial charge in [-0.3, -0.25) is 4.79 Å². The zero-order valence-corrected chi connectivity index (χ0v) is 14.2. The summed E-state index contributed by atoms with van der Waals surface area (Å²) in [6.07, 6.45) is 6.44. The van der Waals surface area contributed by atoms with Crippen molar-refractivity contribution in [2.45, 2.75) is 44.6 Å². The molecule has 1 amide bonds. The first-order chi connectivity index (χ1) is 11.2. The molecule has 1 aliphatic heterocycles. The lowest BCUT2D eigenvalue weighted by atomic mass is 9.61. The molecule has 23 heavy (non-hydrogen) atoms. The summed E-state index contributed by atoms with van der Waals surface area (Å²) in [5.41, 5.74) is 1.55. The van der Waals surface area contributed by atoms with E-state index in [9.17, 15) is 4.79 Å². The molecule has 1 spiro atoms. The molecule has 126 valence electrons. The van der Waals surface area contributed by atoms with Crippen LogP contribution in [0, 0.1) is 5.41 Å². The minimum atomic E-state index is 0.281. The first-order valence-corrected chi connectivity index (χ1v) is 8.60. The minimum Gasteiger partial charge on any atom is -0.497 e. The number of aryl methyl sites for hydroxylation is 1. The molecule has 1 unspecified atom stereocenters. The normalized spacial score (nSPS) is 22.7. The van der Waals surface area contributed by atoms with E-state index in [4.69, 9.17) is 9.47 Å². The number of hydrogen-bond donors (Lipinski definition) is 0. The monoisotopic (exact) mass is 317 g/mol. The maximum atomic E-state index is 12.4. The Morgan fingerprint density at radius 1 is 1.17 bits per heavy atom. The standard InChI is InChI=1S/C19H27NO3/c1-22-16-6-3-15(4-7-16)5-8-18(21)20-13-11-19(12-14-20)10-9-17(19)23-2/h3-4,6-7,17H,5,8-14H2,1-2H3. The Morgan fingerprint density at radius 3 is 2.39 bits per heavy atom. The van der Waals surface area contributed by atoms with Crippen LogP contribution in [0.1, 0.15) is 37.7 Å². The highest BCUT2D eigenvalue weighted by atomic mass is 16.5. The molecule has 4 nitrogen and oxygen atoms in total. The molecule has 2 fully saturated rings. The van der Waals surface area contributed by atoms with Crippen molar-refractivity contribution >= 4 is 5.91 Å². The van der Waals surface area contributed by atoms with Crippen molar-refractivity contribution in [1.82, 2.24) is 4.90 Å². The number of nitrogens with zero attached hydrogens (tertiary/aromatic N) is 1. The molecule has 1 atom stereocenters. The summed E-state index contributed by atoms with van der Waals surface area (Å²) in [6, 6.07) is 7.97. The fraction of sp³-hybridized carbons (Fsp3) is 0.632. The van der Waals surface area contributed by atoms with Crippen molar-refractivity contribution in [2.75, 3.05) is 27.3 Å². The molecule has 0 bridgehead atoms. The number of hydrogen-bond acceptors (Lipinski definition) is 3. The first kappa shape index (κ1) is 16.3. The van der Waals surface area contributed by atoms with Crippen LogP contribution in [0.15, 0.2) is 24.3 Å². The van der Waals surface area contributed by atoms with E-state index in [0.717, 1.165) is 38.1 Å². The minimum absolute atomic E-state index is 0.281. The van der Waals surface area contributed by atoms with Crippen molar-refractivity contribution in [3.63, 3.8) is 0 Å². The molecule has 3 rings (SSSR count). The van der Waals surface area contributed by atoms with E-state index in [2.05, 4.69) is 0 Å². The molecule has 0 N–H and O–H groups in total. The summed E-state index contributed by atoms with van der Waals surface area (Å²) in [5.74, 6) is 1.14. The van der Waals surface area contributed by atoms with Crippen LogP contribution >= 0.6 is 0 Å². The smallest absolute Gasteiger partial charge is 0.222 e. The van der Waals surface area contributed by atoms with Crippen molar-refractivity contribution in [2.24, 2.45) is 5.41 Å². The van der Waals surface area contributed by atoms with Gasteiger partial charge in [0.25, 0.3) is 0 Å². The van der Waals surface area contributed by atoms with Gasteiger partial charge in [0.15, 0.2) is 0 Å². The van der Waals surface area contributed by atoms with Crippen LogP contribution in [0.5, 0.6) is 5.75 Å². The van der Waals surface area contributed by atoms with Crippen LogP contribution in [-0.4, -0.2) is 44.2 Å². The molecular weight excluding hydrogens is 290 g/mol. The second-order valence-corrected chi connectivity index (χ2v) is 6.85. The quantitative estimate of drug-likeness (QED) is 0.838. The number of carbonyl (C=O) groups is 1.